The van der Waals surface area contributed by atoms with Crippen molar-refractivity contribution in [1.82, 2.24) is 15.6 Å². The fraction of sp³-hybridized carbons (Fsp3) is 0.375. The summed E-state index contributed by atoms with van der Waals surface area (Å²) in [5.74, 6) is -0.00767. The Hall–Kier alpha value is -2.21. The molecule has 3 atom stereocenters. The van der Waals surface area contributed by atoms with E-state index in [1.165, 1.54) is 12.3 Å². The molecule has 1 saturated carbocycles. The number of halogens is 1. The third-order valence-electron chi connectivity index (χ3n) is 4.52. The van der Waals surface area contributed by atoms with Crippen molar-refractivity contribution in [3.8, 4) is 11.3 Å². The van der Waals surface area contributed by atoms with Crippen LogP contribution in [0.5, 0.6) is 0 Å². The third kappa shape index (κ3) is 2.29. The largest absolute Gasteiger partial charge is 0.432 e. The Balaban J connectivity index is 1.49. The molecule has 6 heteroatoms. The molecule has 1 saturated heterocycles. The van der Waals surface area contributed by atoms with Gasteiger partial charge in [-0.2, -0.15) is 0 Å². The van der Waals surface area contributed by atoms with Gasteiger partial charge in [0.05, 0.1) is 11.8 Å². The van der Waals surface area contributed by atoms with Gasteiger partial charge in [-0.1, -0.05) is 12.1 Å². The summed E-state index contributed by atoms with van der Waals surface area (Å²) in [6.45, 7) is 0.946. The molecule has 0 radical (unpaired) electrons. The van der Waals surface area contributed by atoms with Gasteiger partial charge in [0.2, 0.25) is 0 Å². The number of nitrogens with one attached hydrogen (secondary N) is 2. The second-order valence-corrected chi connectivity index (χ2v) is 5.93. The van der Waals surface area contributed by atoms with Crippen LogP contribution in [0.1, 0.15) is 23.5 Å². The third-order valence-corrected chi connectivity index (χ3v) is 4.52. The highest BCUT2D eigenvalue weighted by molar-refractivity contribution is 5.90. The average Bonchev–Trinajstić information content (AvgIpc) is 3.24. The highest BCUT2D eigenvalue weighted by Crippen LogP contribution is 2.31. The van der Waals surface area contributed by atoms with Crippen LogP contribution in [-0.2, 0) is 0 Å². The Morgan fingerprint density at radius 3 is 2.95 bits per heavy atom. The molecule has 114 valence electrons. The van der Waals surface area contributed by atoms with Gasteiger partial charge in [-0.15, -0.1) is 0 Å². The maximum Gasteiger partial charge on any atom is 0.307 e. The molecule has 0 spiro atoms. The lowest BCUT2D eigenvalue weighted by atomic mass is 10.0. The second-order valence-electron chi connectivity index (χ2n) is 5.93. The lowest BCUT2D eigenvalue weighted by Crippen LogP contribution is -2.44. The van der Waals surface area contributed by atoms with E-state index in [0.717, 1.165) is 19.4 Å². The first kappa shape index (κ1) is 13.5. The number of piperidine rings is 1. The number of nitrogens with zero attached hydrogens (tertiary/aromatic N) is 1. The molecule has 1 aliphatic heterocycles. The Labute approximate surface area is 126 Å². The van der Waals surface area contributed by atoms with Crippen LogP contribution in [0.3, 0.4) is 0 Å². The van der Waals surface area contributed by atoms with Crippen molar-refractivity contribution < 1.29 is 13.6 Å². The highest BCUT2D eigenvalue weighted by Gasteiger charge is 2.40. The lowest BCUT2D eigenvalue weighted by molar-refractivity contribution is 0.0890. The molecule has 22 heavy (non-hydrogen) atoms. The average molecular weight is 301 g/mol. The van der Waals surface area contributed by atoms with Gasteiger partial charge in [-0.25, -0.2) is 9.37 Å². The Bertz CT molecular complexity index is 715. The number of hydrogen-bond acceptors (Lipinski definition) is 4. The summed E-state index contributed by atoms with van der Waals surface area (Å²) in [5, 5.41) is 6.38. The zero-order valence-corrected chi connectivity index (χ0v) is 11.9. The van der Waals surface area contributed by atoms with Gasteiger partial charge in [0, 0.05) is 18.6 Å². The van der Waals surface area contributed by atoms with Gasteiger partial charge in [0.15, 0.2) is 5.76 Å². The van der Waals surface area contributed by atoms with Gasteiger partial charge >= 0.3 is 5.91 Å². The van der Waals surface area contributed by atoms with Crippen LogP contribution in [0.15, 0.2) is 34.9 Å². The van der Waals surface area contributed by atoms with Crippen LogP contribution in [-0.4, -0.2) is 29.5 Å². The van der Waals surface area contributed by atoms with Crippen molar-refractivity contribution in [2.24, 2.45) is 5.92 Å². The molecule has 5 nitrogen and oxygen atoms in total. The second kappa shape index (κ2) is 5.21. The fourth-order valence-corrected chi connectivity index (χ4v) is 3.41. The van der Waals surface area contributed by atoms with E-state index in [0.29, 0.717) is 17.5 Å². The summed E-state index contributed by atoms with van der Waals surface area (Å²) >= 11 is 0. The molecule has 2 fully saturated rings. The predicted octanol–water partition coefficient (Wildman–Crippen LogP) is 1.96. The highest BCUT2D eigenvalue weighted by atomic mass is 19.1. The van der Waals surface area contributed by atoms with E-state index in [4.69, 9.17) is 4.42 Å². The van der Waals surface area contributed by atoms with E-state index < -0.39 is 5.82 Å². The van der Waals surface area contributed by atoms with Crippen molar-refractivity contribution in [2.75, 3.05) is 6.54 Å². The van der Waals surface area contributed by atoms with Crippen LogP contribution in [0.2, 0.25) is 0 Å². The number of fused-ring (bicyclic) bond motifs is 2. The molecular weight excluding hydrogens is 285 g/mol. The molecule has 2 N–H and O–H groups in total. The van der Waals surface area contributed by atoms with Crippen molar-refractivity contribution >= 4 is 5.91 Å². The number of carbonyl (C=O) groups excluding carboxylic acids is 1. The molecular formula is C16H16FN3O2. The first-order chi connectivity index (χ1) is 10.7. The van der Waals surface area contributed by atoms with Crippen LogP contribution in [0, 0.1) is 11.7 Å². The van der Waals surface area contributed by atoms with Gasteiger partial charge < -0.3 is 15.1 Å². The van der Waals surface area contributed by atoms with Gasteiger partial charge in [0.25, 0.3) is 5.89 Å². The molecule has 1 aromatic carbocycles. The van der Waals surface area contributed by atoms with E-state index in [1.54, 1.807) is 18.2 Å². The Morgan fingerprint density at radius 1 is 1.36 bits per heavy atom. The summed E-state index contributed by atoms with van der Waals surface area (Å²) < 4.78 is 19.1. The Morgan fingerprint density at radius 2 is 2.23 bits per heavy atom. The van der Waals surface area contributed by atoms with E-state index in [1.807, 2.05) is 0 Å². The summed E-state index contributed by atoms with van der Waals surface area (Å²) in [4.78, 5) is 16.2. The number of oxazole rings is 1. The van der Waals surface area contributed by atoms with Gasteiger partial charge in [-0.05, 0) is 30.9 Å². The zero-order valence-electron chi connectivity index (χ0n) is 11.9. The molecule has 4 rings (SSSR count). The number of amides is 1. The monoisotopic (exact) mass is 301 g/mol. The minimum absolute atomic E-state index is 0.0195. The van der Waals surface area contributed by atoms with Crippen molar-refractivity contribution in [1.29, 1.82) is 0 Å². The molecule has 1 amide bonds. The number of benzene rings is 1. The van der Waals surface area contributed by atoms with Gasteiger partial charge in [0.1, 0.15) is 5.82 Å². The molecule has 1 aliphatic carbocycles. The van der Waals surface area contributed by atoms with E-state index in [-0.39, 0.29) is 23.6 Å². The smallest absolute Gasteiger partial charge is 0.307 e. The SMILES string of the molecule is O=C(NC1CC2CC1CN2)c1ncc(-c2ccccc2F)o1. The molecule has 3 unspecified atom stereocenters. The topological polar surface area (TPSA) is 67.2 Å². The van der Waals surface area contributed by atoms with E-state index in [9.17, 15) is 9.18 Å². The molecule has 2 aromatic rings. The summed E-state index contributed by atoms with van der Waals surface area (Å²) in [7, 11) is 0. The maximum absolute atomic E-state index is 13.7. The van der Waals surface area contributed by atoms with Crippen molar-refractivity contribution in [3.63, 3.8) is 0 Å². The maximum atomic E-state index is 13.7. The fourth-order valence-electron chi connectivity index (χ4n) is 3.41. The molecule has 2 bridgehead atoms. The number of rotatable bonds is 3. The Kier molecular flexibility index (Phi) is 3.18. The summed E-state index contributed by atoms with van der Waals surface area (Å²) in [6.07, 6.45) is 3.43. The van der Waals surface area contributed by atoms with Crippen LogP contribution < -0.4 is 10.6 Å². The normalized spacial score (nSPS) is 26.3. The van der Waals surface area contributed by atoms with Gasteiger partial charge in [-0.3, -0.25) is 4.79 Å². The molecule has 2 heterocycles. The van der Waals surface area contributed by atoms with Crippen LogP contribution in [0.25, 0.3) is 11.3 Å². The predicted molar refractivity (Wildman–Crippen MR) is 77.7 cm³/mol. The first-order valence-corrected chi connectivity index (χ1v) is 7.45. The molecule has 1 aromatic heterocycles. The minimum Gasteiger partial charge on any atom is -0.432 e. The van der Waals surface area contributed by atoms with Crippen molar-refractivity contribution in [2.45, 2.75) is 24.9 Å². The first-order valence-electron chi connectivity index (χ1n) is 7.45. The van der Waals surface area contributed by atoms with E-state index in [2.05, 4.69) is 15.6 Å². The summed E-state index contributed by atoms with van der Waals surface area (Å²) in [5.41, 5.74) is 0.304. The summed E-state index contributed by atoms with van der Waals surface area (Å²) in [6, 6.07) is 6.94. The standard InChI is InChI=1S/C16H16FN3O2/c17-12-4-2-1-3-11(12)14-8-19-16(22-14)15(21)20-13-6-10-5-9(13)7-18-10/h1-4,8-10,13,18H,5-7H2,(H,20,21). The zero-order chi connectivity index (χ0) is 15.1. The minimum atomic E-state index is -0.398. The quantitative estimate of drug-likeness (QED) is 0.909. The number of aromatic nitrogens is 1. The van der Waals surface area contributed by atoms with E-state index >= 15 is 0 Å². The van der Waals surface area contributed by atoms with Crippen molar-refractivity contribution in [3.05, 3.63) is 42.2 Å². The number of hydrogen-bond donors (Lipinski definition) is 2. The number of carbonyl (C=O) groups is 1. The van der Waals surface area contributed by atoms with Crippen LogP contribution >= 0.6 is 0 Å². The molecule has 2 aliphatic rings. The van der Waals surface area contributed by atoms with Crippen LogP contribution in [0.4, 0.5) is 4.39 Å². The lowest BCUT2D eigenvalue weighted by Gasteiger charge is -2.22.